The van der Waals surface area contributed by atoms with Gasteiger partial charge in [0.15, 0.2) is 5.12 Å². The predicted octanol–water partition coefficient (Wildman–Crippen LogP) is 1.82. The second kappa shape index (κ2) is 16.1. The molecule has 0 spiro atoms. The van der Waals surface area contributed by atoms with Gasteiger partial charge in [0.25, 0.3) is 10.0 Å². The van der Waals surface area contributed by atoms with Crippen LogP contribution in [0.3, 0.4) is 0 Å². The summed E-state index contributed by atoms with van der Waals surface area (Å²) in [5.41, 5.74) is 6.68. The SMILES string of the molecule is CNC(=O)[C@H](CCCN=C(N)NS(=O)(=O)c1ccc(C)cc1)NC(=O)N(CCSC(C)=O)CCC(C)C. The highest BCUT2D eigenvalue weighted by atomic mass is 32.2. The Balaban J connectivity index is 2.72. The van der Waals surface area contributed by atoms with Gasteiger partial charge < -0.3 is 21.3 Å². The van der Waals surface area contributed by atoms with Crippen molar-refractivity contribution < 1.29 is 22.8 Å². The van der Waals surface area contributed by atoms with E-state index >= 15 is 0 Å². The predicted molar refractivity (Wildman–Crippen MR) is 148 cm³/mol. The number of urea groups is 1. The fourth-order valence-electron chi connectivity index (χ4n) is 3.15. The minimum Gasteiger partial charge on any atom is -0.369 e. The van der Waals surface area contributed by atoms with Gasteiger partial charge in [-0.3, -0.25) is 14.6 Å². The summed E-state index contributed by atoms with van der Waals surface area (Å²) in [6.45, 7) is 8.48. The summed E-state index contributed by atoms with van der Waals surface area (Å²) in [6.07, 6.45) is 1.43. The van der Waals surface area contributed by atoms with Gasteiger partial charge in [-0.05, 0) is 44.2 Å². The van der Waals surface area contributed by atoms with E-state index in [0.717, 1.165) is 23.7 Å². The van der Waals surface area contributed by atoms with Gasteiger partial charge in [-0.15, -0.1) is 0 Å². The molecule has 13 heteroatoms. The lowest BCUT2D eigenvalue weighted by atomic mass is 10.1. The number of amides is 3. The van der Waals surface area contributed by atoms with Gasteiger partial charge in [0.2, 0.25) is 11.9 Å². The third-order valence-corrected chi connectivity index (χ3v) is 7.46. The molecule has 1 atom stereocenters. The molecule has 0 radical (unpaired) electrons. The molecule has 208 valence electrons. The Hall–Kier alpha value is -2.80. The second-order valence-corrected chi connectivity index (χ2v) is 11.9. The highest BCUT2D eigenvalue weighted by Gasteiger charge is 2.23. The number of guanidine groups is 1. The first-order valence-electron chi connectivity index (χ1n) is 12.2. The van der Waals surface area contributed by atoms with Crippen molar-refractivity contribution in [1.29, 1.82) is 0 Å². The molecule has 11 nitrogen and oxygen atoms in total. The summed E-state index contributed by atoms with van der Waals surface area (Å²) in [6, 6.07) is 5.13. The topological polar surface area (TPSA) is 163 Å². The lowest BCUT2D eigenvalue weighted by Crippen LogP contribution is -2.51. The number of hydrogen-bond acceptors (Lipinski definition) is 7. The van der Waals surface area contributed by atoms with Crippen LogP contribution in [0.15, 0.2) is 34.2 Å². The summed E-state index contributed by atoms with van der Waals surface area (Å²) < 4.78 is 27.1. The van der Waals surface area contributed by atoms with Crippen LogP contribution < -0.4 is 21.1 Å². The van der Waals surface area contributed by atoms with Crippen LogP contribution in [-0.2, 0) is 19.6 Å². The van der Waals surface area contributed by atoms with E-state index in [4.69, 9.17) is 5.73 Å². The molecule has 0 unspecified atom stereocenters. The number of thioether (sulfide) groups is 1. The highest BCUT2D eigenvalue weighted by molar-refractivity contribution is 8.13. The molecular formula is C24H40N6O5S2. The standard InChI is InChI=1S/C24H40N6O5S2/c1-17(2)12-14-30(15-16-36-19(4)31)24(33)28-21(22(32)26-5)7-6-13-27-23(25)29-37(34,35)20-10-8-18(3)9-11-20/h8-11,17,21H,6-7,12-16H2,1-5H3,(H,26,32)(H,28,33)(H3,25,27,29)/t21-/m0/s1. The van der Waals surface area contributed by atoms with Gasteiger partial charge >= 0.3 is 6.03 Å². The Bertz CT molecular complexity index is 1030. The maximum atomic E-state index is 12.9. The summed E-state index contributed by atoms with van der Waals surface area (Å²) >= 11 is 1.15. The van der Waals surface area contributed by atoms with Crippen molar-refractivity contribution in [3.05, 3.63) is 29.8 Å². The third kappa shape index (κ3) is 12.8. The molecule has 0 heterocycles. The van der Waals surface area contributed by atoms with Gasteiger partial charge in [-0.25, -0.2) is 17.9 Å². The van der Waals surface area contributed by atoms with E-state index in [2.05, 4.69) is 34.2 Å². The summed E-state index contributed by atoms with van der Waals surface area (Å²) in [4.78, 5) is 42.3. The van der Waals surface area contributed by atoms with Crippen LogP contribution in [0.5, 0.6) is 0 Å². The quantitative estimate of drug-likeness (QED) is 0.154. The van der Waals surface area contributed by atoms with Crippen LogP contribution in [0.4, 0.5) is 4.79 Å². The first-order valence-corrected chi connectivity index (χ1v) is 14.6. The molecular weight excluding hydrogens is 516 g/mol. The fraction of sp³-hybridized carbons (Fsp3) is 0.583. The van der Waals surface area contributed by atoms with Crippen molar-refractivity contribution in [2.45, 2.75) is 57.9 Å². The van der Waals surface area contributed by atoms with E-state index in [1.54, 1.807) is 17.0 Å². The molecule has 1 rings (SSSR count). The van der Waals surface area contributed by atoms with Crippen LogP contribution in [0.1, 0.15) is 45.6 Å². The lowest BCUT2D eigenvalue weighted by Gasteiger charge is -2.26. The van der Waals surface area contributed by atoms with Gasteiger partial charge in [-0.2, -0.15) is 0 Å². The number of sulfonamides is 1. The van der Waals surface area contributed by atoms with E-state index in [9.17, 15) is 22.8 Å². The van der Waals surface area contributed by atoms with Crippen LogP contribution in [0, 0.1) is 12.8 Å². The number of nitrogens with one attached hydrogen (secondary N) is 3. The number of nitrogens with two attached hydrogens (primary N) is 1. The van der Waals surface area contributed by atoms with Crippen molar-refractivity contribution in [3.8, 4) is 0 Å². The normalized spacial score (nSPS) is 12.6. The van der Waals surface area contributed by atoms with Crippen molar-refractivity contribution in [2.24, 2.45) is 16.6 Å². The van der Waals surface area contributed by atoms with E-state index in [0.29, 0.717) is 31.2 Å². The summed E-state index contributed by atoms with van der Waals surface area (Å²) in [7, 11) is -2.37. The number of benzene rings is 1. The molecule has 1 aromatic rings. The van der Waals surface area contributed by atoms with Gasteiger partial charge in [-0.1, -0.05) is 43.3 Å². The summed E-state index contributed by atoms with van der Waals surface area (Å²) in [5.74, 6) is 0.242. The third-order valence-electron chi connectivity index (χ3n) is 5.29. The molecule has 0 fully saturated rings. The Labute approximate surface area is 224 Å². The molecule has 3 amide bonds. The van der Waals surface area contributed by atoms with Crippen molar-refractivity contribution >= 4 is 44.8 Å². The number of nitrogens with zero attached hydrogens (tertiary/aromatic N) is 2. The molecule has 0 bridgehead atoms. The second-order valence-electron chi connectivity index (χ2n) is 8.95. The molecule has 1 aromatic carbocycles. The number of rotatable bonds is 14. The minimum atomic E-state index is -3.85. The van der Waals surface area contributed by atoms with Crippen molar-refractivity contribution in [1.82, 2.24) is 20.3 Å². The summed E-state index contributed by atoms with van der Waals surface area (Å²) in [5, 5.41) is 5.30. The Kier molecular flexibility index (Phi) is 14.0. The fourth-order valence-corrected chi connectivity index (χ4v) is 4.70. The largest absolute Gasteiger partial charge is 0.369 e. The number of carbonyl (C=O) groups excluding carboxylic acids is 3. The Morgan fingerprint density at radius 3 is 2.32 bits per heavy atom. The molecule has 0 saturated heterocycles. The average Bonchev–Trinajstić information content (AvgIpc) is 2.82. The zero-order valence-electron chi connectivity index (χ0n) is 22.2. The van der Waals surface area contributed by atoms with E-state index in [-0.39, 0.29) is 40.9 Å². The van der Waals surface area contributed by atoms with Crippen LogP contribution >= 0.6 is 11.8 Å². The molecule has 0 aliphatic heterocycles. The van der Waals surface area contributed by atoms with Crippen LogP contribution in [0.25, 0.3) is 0 Å². The number of likely N-dealkylation sites (N-methyl/N-ethyl adjacent to an activating group) is 1. The zero-order chi connectivity index (χ0) is 28.0. The molecule has 0 aromatic heterocycles. The average molecular weight is 557 g/mol. The van der Waals surface area contributed by atoms with E-state index < -0.39 is 16.1 Å². The van der Waals surface area contributed by atoms with E-state index in [1.165, 1.54) is 26.1 Å². The maximum Gasteiger partial charge on any atom is 0.318 e. The van der Waals surface area contributed by atoms with Crippen LogP contribution in [-0.4, -0.2) is 74.8 Å². The smallest absolute Gasteiger partial charge is 0.318 e. The molecule has 0 saturated carbocycles. The molecule has 37 heavy (non-hydrogen) atoms. The first-order chi connectivity index (χ1) is 17.4. The number of aliphatic imine (C=N–C) groups is 1. The Morgan fingerprint density at radius 1 is 1.11 bits per heavy atom. The van der Waals surface area contributed by atoms with Crippen LogP contribution in [0.2, 0.25) is 0 Å². The monoisotopic (exact) mass is 556 g/mol. The highest BCUT2D eigenvalue weighted by Crippen LogP contribution is 2.10. The van der Waals surface area contributed by atoms with Crippen molar-refractivity contribution in [2.75, 3.05) is 32.4 Å². The first kappa shape index (κ1) is 32.2. The zero-order valence-corrected chi connectivity index (χ0v) is 23.9. The van der Waals surface area contributed by atoms with Gasteiger partial charge in [0, 0.05) is 39.4 Å². The molecule has 0 aliphatic rings. The van der Waals surface area contributed by atoms with Crippen molar-refractivity contribution in [3.63, 3.8) is 0 Å². The molecule has 5 N–H and O–H groups in total. The lowest BCUT2D eigenvalue weighted by molar-refractivity contribution is -0.122. The number of aryl methyl sites for hydroxylation is 1. The van der Waals surface area contributed by atoms with Gasteiger partial charge in [0.1, 0.15) is 6.04 Å². The number of hydrogen-bond donors (Lipinski definition) is 4. The minimum absolute atomic E-state index is 0.0200. The maximum absolute atomic E-state index is 12.9. The van der Waals surface area contributed by atoms with Gasteiger partial charge in [0.05, 0.1) is 4.90 Å². The van der Waals surface area contributed by atoms with E-state index in [1.807, 2.05) is 6.92 Å². The number of carbonyl (C=O) groups is 3. The Morgan fingerprint density at radius 2 is 1.76 bits per heavy atom. The molecule has 0 aliphatic carbocycles.